The van der Waals surface area contributed by atoms with E-state index in [0.29, 0.717) is 13.0 Å². The molecule has 2 rings (SSSR count). The molecule has 0 aliphatic carbocycles. The largest absolute Gasteiger partial charge is 0.375 e. The Morgan fingerprint density at radius 2 is 2.59 bits per heavy atom. The van der Waals surface area contributed by atoms with E-state index in [4.69, 9.17) is 4.74 Å². The Morgan fingerprint density at radius 1 is 1.71 bits per heavy atom. The summed E-state index contributed by atoms with van der Waals surface area (Å²) >= 11 is 0. The molecule has 2 N–H and O–H groups in total. The molecule has 0 aromatic carbocycles. The zero-order valence-corrected chi connectivity index (χ0v) is 9.90. The first-order chi connectivity index (χ1) is 8.24. The van der Waals surface area contributed by atoms with Crippen LogP contribution in [0.3, 0.4) is 0 Å². The molecule has 1 aliphatic rings. The van der Waals surface area contributed by atoms with Crippen LogP contribution in [0.15, 0.2) is 18.3 Å². The van der Waals surface area contributed by atoms with Crippen LogP contribution < -0.4 is 10.6 Å². The van der Waals surface area contributed by atoms with Crippen molar-refractivity contribution in [2.24, 2.45) is 0 Å². The quantitative estimate of drug-likeness (QED) is 0.810. The number of ether oxygens (including phenoxy) is 1. The third kappa shape index (κ3) is 3.80. The number of aryl methyl sites for hydroxylation is 1. The van der Waals surface area contributed by atoms with Crippen LogP contribution in [-0.4, -0.2) is 36.7 Å². The maximum atomic E-state index is 11.8. The van der Waals surface area contributed by atoms with Gasteiger partial charge in [-0.25, -0.2) is 0 Å². The number of nitrogens with one attached hydrogen (secondary N) is 2. The standard InChI is InChI=1S/C12H17N3O2/c1-9-6-10(2-3-14-9)15-12(16)7-11-8-13-4-5-17-11/h2-3,6,11,13H,4-5,7-8H2,1H3,(H,14,15,16). The molecule has 0 saturated carbocycles. The third-order valence-electron chi connectivity index (χ3n) is 2.60. The van der Waals surface area contributed by atoms with E-state index in [1.165, 1.54) is 0 Å². The maximum Gasteiger partial charge on any atom is 0.227 e. The lowest BCUT2D eigenvalue weighted by molar-refractivity contribution is -0.119. The van der Waals surface area contributed by atoms with E-state index in [9.17, 15) is 4.79 Å². The number of anilines is 1. The summed E-state index contributed by atoms with van der Waals surface area (Å²) in [4.78, 5) is 15.8. The molecule has 1 aliphatic heterocycles. The monoisotopic (exact) mass is 235 g/mol. The second-order valence-electron chi connectivity index (χ2n) is 4.14. The Kier molecular flexibility index (Phi) is 4.06. The number of hydrogen-bond donors (Lipinski definition) is 2. The number of nitrogens with zero attached hydrogens (tertiary/aromatic N) is 1. The fourth-order valence-corrected chi connectivity index (χ4v) is 1.79. The number of pyridine rings is 1. The van der Waals surface area contributed by atoms with Crippen LogP contribution in [0.25, 0.3) is 0 Å². The van der Waals surface area contributed by atoms with Gasteiger partial charge < -0.3 is 15.4 Å². The summed E-state index contributed by atoms with van der Waals surface area (Å²) in [6, 6.07) is 3.63. The normalized spacial score (nSPS) is 19.9. The smallest absolute Gasteiger partial charge is 0.227 e. The summed E-state index contributed by atoms with van der Waals surface area (Å²) in [7, 11) is 0. The molecule has 92 valence electrons. The minimum absolute atomic E-state index is 0.0216. The predicted molar refractivity (Wildman–Crippen MR) is 64.8 cm³/mol. The van der Waals surface area contributed by atoms with E-state index < -0.39 is 0 Å². The topological polar surface area (TPSA) is 63.2 Å². The Balaban J connectivity index is 1.84. The minimum atomic E-state index is -0.0238. The van der Waals surface area contributed by atoms with E-state index in [2.05, 4.69) is 15.6 Å². The molecule has 1 aromatic rings. The minimum Gasteiger partial charge on any atom is -0.375 e. The lowest BCUT2D eigenvalue weighted by Gasteiger charge is -2.23. The first kappa shape index (κ1) is 12.0. The van der Waals surface area contributed by atoms with Crippen molar-refractivity contribution >= 4 is 11.6 Å². The molecule has 1 fully saturated rings. The van der Waals surface area contributed by atoms with Gasteiger partial charge in [0, 0.05) is 30.7 Å². The summed E-state index contributed by atoms with van der Waals surface area (Å²) < 4.78 is 5.47. The molecule has 5 nitrogen and oxygen atoms in total. The van der Waals surface area contributed by atoms with E-state index in [-0.39, 0.29) is 12.0 Å². The van der Waals surface area contributed by atoms with Gasteiger partial charge in [0.1, 0.15) is 0 Å². The number of hydrogen-bond acceptors (Lipinski definition) is 4. The van der Waals surface area contributed by atoms with Gasteiger partial charge in [0.05, 0.1) is 19.1 Å². The number of rotatable bonds is 3. The number of carbonyl (C=O) groups excluding carboxylic acids is 1. The zero-order chi connectivity index (χ0) is 12.1. The van der Waals surface area contributed by atoms with Gasteiger partial charge >= 0.3 is 0 Å². The van der Waals surface area contributed by atoms with Crippen molar-refractivity contribution in [2.45, 2.75) is 19.4 Å². The molecule has 1 aromatic heterocycles. The molecule has 0 radical (unpaired) electrons. The lowest BCUT2D eigenvalue weighted by Crippen LogP contribution is -2.40. The lowest BCUT2D eigenvalue weighted by atomic mass is 10.2. The summed E-state index contributed by atoms with van der Waals surface area (Å²) in [5, 5.41) is 6.04. The van der Waals surface area contributed by atoms with Crippen LogP contribution in [0.5, 0.6) is 0 Å². The van der Waals surface area contributed by atoms with E-state index in [1.54, 1.807) is 12.3 Å². The molecular formula is C12H17N3O2. The molecule has 1 atom stereocenters. The van der Waals surface area contributed by atoms with E-state index >= 15 is 0 Å². The molecule has 1 amide bonds. The first-order valence-electron chi connectivity index (χ1n) is 5.79. The molecule has 2 heterocycles. The van der Waals surface area contributed by atoms with Crippen molar-refractivity contribution in [2.75, 3.05) is 25.0 Å². The Bertz CT molecular complexity index is 389. The van der Waals surface area contributed by atoms with Crippen molar-refractivity contribution in [3.8, 4) is 0 Å². The highest BCUT2D eigenvalue weighted by Crippen LogP contribution is 2.09. The summed E-state index contributed by atoms with van der Waals surface area (Å²) in [5.41, 5.74) is 1.67. The molecule has 17 heavy (non-hydrogen) atoms. The highest BCUT2D eigenvalue weighted by molar-refractivity contribution is 5.91. The summed E-state index contributed by atoms with van der Waals surface area (Å²) in [6.45, 7) is 4.17. The van der Waals surface area contributed by atoms with E-state index in [1.807, 2.05) is 13.0 Å². The number of aromatic nitrogens is 1. The van der Waals surface area contributed by atoms with E-state index in [0.717, 1.165) is 24.5 Å². The second kappa shape index (κ2) is 5.75. The van der Waals surface area contributed by atoms with Crippen LogP contribution >= 0.6 is 0 Å². The van der Waals surface area contributed by atoms with Crippen molar-refractivity contribution in [1.29, 1.82) is 0 Å². The van der Waals surface area contributed by atoms with Crippen LogP contribution in [0, 0.1) is 6.92 Å². The van der Waals surface area contributed by atoms with Crippen LogP contribution in [0.2, 0.25) is 0 Å². The van der Waals surface area contributed by atoms with Gasteiger partial charge in [-0.2, -0.15) is 0 Å². The molecule has 0 spiro atoms. The Hall–Kier alpha value is -1.46. The van der Waals surface area contributed by atoms with Crippen molar-refractivity contribution in [1.82, 2.24) is 10.3 Å². The zero-order valence-electron chi connectivity index (χ0n) is 9.90. The van der Waals surface area contributed by atoms with Crippen molar-refractivity contribution < 1.29 is 9.53 Å². The third-order valence-corrected chi connectivity index (χ3v) is 2.60. The predicted octanol–water partition coefficient (Wildman–Crippen LogP) is 0.707. The number of carbonyl (C=O) groups is 1. The van der Waals surface area contributed by atoms with Crippen LogP contribution in [0.1, 0.15) is 12.1 Å². The molecule has 0 bridgehead atoms. The summed E-state index contributed by atoms with van der Waals surface area (Å²) in [6.07, 6.45) is 2.05. The molecular weight excluding hydrogens is 218 g/mol. The molecule has 1 saturated heterocycles. The Labute approximate surface area is 101 Å². The highest BCUT2D eigenvalue weighted by atomic mass is 16.5. The van der Waals surface area contributed by atoms with Gasteiger partial charge in [-0.05, 0) is 19.1 Å². The van der Waals surface area contributed by atoms with Gasteiger partial charge in [-0.3, -0.25) is 9.78 Å². The first-order valence-corrected chi connectivity index (χ1v) is 5.79. The van der Waals surface area contributed by atoms with Gasteiger partial charge in [0.15, 0.2) is 0 Å². The Morgan fingerprint density at radius 3 is 3.29 bits per heavy atom. The number of morpholine rings is 1. The van der Waals surface area contributed by atoms with Crippen molar-refractivity contribution in [3.63, 3.8) is 0 Å². The second-order valence-corrected chi connectivity index (χ2v) is 4.14. The fourth-order valence-electron chi connectivity index (χ4n) is 1.79. The van der Waals surface area contributed by atoms with Gasteiger partial charge in [-0.1, -0.05) is 0 Å². The van der Waals surface area contributed by atoms with Gasteiger partial charge in [0.2, 0.25) is 5.91 Å². The summed E-state index contributed by atoms with van der Waals surface area (Å²) in [5.74, 6) is -0.0238. The van der Waals surface area contributed by atoms with Gasteiger partial charge in [-0.15, -0.1) is 0 Å². The average Bonchev–Trinajstić information content (AvgIpc) is 2.30. The fraction of sp³-hybridized carbons (Fsp3) is 0.500. The van der Waals surface area contributed by atoms with Crippen LogP contribution in [0.4, 0.5) is 5.69 Å². The maximum absolute atomic E-state index is 11.8. The number of amides is 1. The van der Waals surface area contributed by atoms with Gasteiger partial charge in [0.25, 0.3) is 0 Å². The molecule has 5 heteroatoms. The van der Waals surface area contributed by atoms with Crippen LogP contribution in [-0.2, 0) is 9.53 Å². The molecule has 1 unspecified atom stereocenters. The highest BCUT2D eigenvalue weighted by Gasteiger charge is 2.17. The van der Waals surface area contributed by atoms with Crippen molar-refractivity contribution in [3.05, 3.63) is 24.0 Å². The average molecular weight is 235 g/mol. The SMILES string of the molecule is Cc1cc(NC(=O)CC2CNCCO2)ccn1.